The number of esters is 1. The van der Waals surface area contributed by atoms with Crippen molar-refractivity contribution in [3.63, 3.8) is 0 Å². The lowest BCUT2D eigenvalue weighted by molar-refractivity contribution is -0.140. The van der Waals surface area contributed by atoms with Crippen LogP contribution in [-0.2, 0) is 9.53 Å². The summed E-state index contributed by atoms with van der Waals surface area (Å²) in [5, 5.41) is 0. The number of nitrogen functional groups attached to an aromatic ring is 1. The Morgan fingerprint density at radius 2 is 1.84 bits per heavy atom. The van der Waals surface area contributed by atoms with Crippen LogP contribution in [0.4, 0.5) is 5.69 Å². The molecule has 1 rings (SSSR count). The quantitative estimate of drug-likeness (QED) is 0.432. The monoisotopic (exact) mass is 393 g/mol. The smallest absolute Gasteiger partial charge is 0.305 e. The van der Waals surface area contributed by atoms with Crippen molar-refractivity contribution in [3.05, 3.63) is 21.1 Å². The van der Waals surface area contributed by atoms with Crippen LogP contribution in [0.15, 0.2) is 21.1 Å². The first-order chi connectivity index (χ1) is 9.04. The Bertz CT molecular complexity index is 415. The van der Waals surface area contributed by atoms with E-state index in [4.69, 9.17) is 10.5 Å². The lowest BCUT2D eigenvalue weighted by Gasteiger charge is -2.09. The van der Waals surface area contributed by atoms with Gasteiger partial charge in [-0.15, -0.1) is 0 Å². The zero-order valence-corrected chi connectivity index (χ0v) is 13.9. The number of hydrogen-bond donors (Lipinski definition) is 1. The maximum absolute atomic E-state index is 10.9. The minimum atomic E-state index is -0.160. The van der Waals surface area contributed by atoms with Crippen LogP contribution >= 0.6 is 31.9 Å². The molecule has 106 valence electrons. The first-order valence-electron chi connectivity index (χ1n) is 5.98. The molecule has 1 aromatic rings. The molecule has 0 heterocycles. The van der Waals surface area contributed by atoms with Crippen LogP contribution in [-0.4, -0.2) is 19.7 Å². The number of nitrogens with two attached hydrogens (primary N) is 1. The molecule has 0 saturated carbocycles. The van der Waals surface area contributed by atoms with E-state index >= 15 is 0 Å². The highest BCUT2D eigenvalue weighted by Crippen LogP contribution is 2.32. The topological polar surface area (TPSA) is 61.5 Å². The highest BCUT2D eigenvalue weighted by Gasteiger charge is 2.05. The number of hydrogen-bond acceptors (Lipinski definition) is 4. The van der Waals surface area contributed by atoms with Crippen molar-refractivity contribution in [1.29, 1.82) is 0 Å². The Balaban J connectivity index is 2.25. The van der Waals surface area contributed by atoms with E-state index in [9.17, 15) is 4.79 Å². The minimum Gasteiger partial charge on any atom is -0.494 e. The second-order valence-electron chi connectivity index (χ2n) is 4.04. The van der Waals surface area contributed by atoms with Gasteiger partial charge in [0.05, 0.1) is 19.4 Å². The summed E-state index contributed by atoms with van der Waals surface area (Å²) < 4.78 is 11.8. The molecule has 0 saturated heterocycles. The predicted octanol–water partition coefficient (Wildman–Crippen LogP) is 3.91. The maximum Gasteiger partial charge on any atom is 0.305 e. The zero-order chi connectivity index (χ0) is 14.3. The fourth-order valence-corrected chi connectivity index (χ4v) is 2.63. The summed E-state index contributed by atoms with van der Waals surface area (Å²) in [4.78, 5) is 10.9. The van der Waals surface area contributed by atoms with Gasteiger partial charge in [-0.3, -0.25) is 4.79 Å². The molecule has 0 aliphatic carbocycles. The van der Waals surface area contributed by atoms with Gasteiger partial charge < -0.3 is 15.2 Å². The molecular weight excluding hydrogens is 378 g/mol. The van der Waals surface area contributed by atoms with E-state index in [0.717, 1.165) is 34.0 Å². The van der Waals surface area contributed by atoms with Gasteiger partial charge in [0.2, 0.25) is 0 Å². The van der Waals surface area contributed by atoms with Gasteiger partial charge in [0.15, 0.2) is 0 Å². The number of unbranched alkanes of at least 4 members (excludes halogenated alkanes) is 2. The maximum atomic E-state index is 10.9. The highest BCUT2D eigenvalue weighted by atomic mass is 79.9. The second kappa shape index (κ2) is 8.43. The molecule has 0 unspecified atom stereocenters. The highest BCUT2D eigenvalue weighted by molar-refractivity contribution is 9.11. The van der Waals surface area contributed by atoms with E-state index in [1.807, 2.05) is 12.1 Å². The van der Waals surface area contributed by atoms with Crippen molar-refractivity contribution in [2.75, 3.05) is 19.5 Å². The standard InChI is InChI=1S/C13H17Br2NO3/c1-18-12(17)5-3-2-4-6-19-9-7-10(14)13(16)11(15)8-9/h7-8H,2-6,16H2,1H3. The summed E-state index contributed by atoms with van der Waals surface area (Å²) in [5.74, 6) is 0.605. The number of carbonyl (C=O) groups excluding carboxylic acids is 1. The van der Waals surface area contributed by atoms with Crippen molar-refractivity contribution in [2.45, 2.75) is 25.7 Å². The van der Waals surface area contributed by atoms with E-state index in [1.165, 1.54) is 7.11 Å². The summed E-state index contributed by atoms with van der Waals surface area (Å²) in [6.07, 6.45) is 3.13. The van der Waals surface area contributed by atoms with E-state index in [1.54, 1.807) is 0 Å². The van der Waals surface area contributed by atoms with Crippen LogP contribution in [0.1, 0.15) is 25.7 Å². The van der Waals surface area contributed by atoms with Gasteiger partial charge in [-0.05, 0) is 63.3 Å². The molecule has 4 nitrogen and oxygen atoms in total. The molecule has 19 heavy (non-hydrogen) atoms. The van der Waals surface area contributed by atoms with Gasteiger partial charge in [0.25, 0.3) is 0 Å². The van der Waals surface area contributed by atoms with Gasteiger partial charge >= 0.3 is 5.97 Å². The Hall–Kier alpha value is -0.750. The summed E-state index contributed by atoms with van der Waals surface area (Å²) in [5.41, 5.74) is 6.45. The number of benzene rings is 1. The molecule has 0 bridgehead atoms. The van der Waals surface area contributed by atoms with E-state index in [0.29, 0.717) is 18.7 Å². The second-order valence-corrected chi connectivity index (χ2v) is 5.74. The third kappa shape index (κ3) is 5.82. The molecule has 0 aliphatic heterocycles. The SMILES string of the molecule is COC(=O)CCCCCOc1cc(Br)c(N)c(Br)c1. The van der Waals surface area contributed by atoms with Crippen molar-refractivity contribution in [1.82, 2.24) is 0 Å². The van der Waals surface area contributed by atoms with Crippen LogP contribution in [0.3, 0.4) is 0 Å². The largest absolute Gasteiger partial charge is 0.494 e. The molecular formula is C13H17Br2NO3. The summed E-state index contributed by atoms with van der Waals surface area (Å²) in [6, 6.07) is 3.68. The number of rotatable bonds is 7. The Morgan fingerprint density at radius 1 is 1.21 bits per heavy atom. The first kappa shape index (κ1) is 16.3. The Kier molecular flexibility index (Phi) is 7.23. The van der Waals surface area contributed by atoms with E-state index < -0.39 is 0 Å². The number of methoxy groups -OCH3 is 1. The van der Waals surface area contributed by atoms with Crippen LogP contribution < -0.4 is 10.5 Å². The summed E-state index contributed by atoms with van der Waals surface area (Å²) >= 11 is 6.74. The van der Waals surface area contributed by atoms with Crippen molar-refractivity contribution >= 4 is 43.5 Å². The Labute approximate surface area is 129 Å². The number of ether oxygens (including phenoxy) is 2. The molecule has 0 amide bonds. The Morgan fingerprint density at radius 3 is 2.42 bits per heavy atom. The minimum absolute atomic E-state index is 0.160. The predicted molar refractivity (Wildman–Crippen MR) is 82.2 cm³/mol. The summed E-state index contributed by atoms with van der Waals surface area (Å²) in [7, 11) is 1.41. The number of anilines is 1. The van der Waals surface area contributed by atoms with Crippen molar-refractivity contribution in [2.24, 2.45) is 0 Å². The van der Waals surface area contributed by atoms with E-state index in [-0.39, 0.29) is 5.97 Å². The van der Waals surface area contributed by atoms with Crippen molar-refractivity contribution in [3.8, 4) is 5.75 Å². The molecule has 6 heteroatoms. The van der Waals surface area contributed by atoms with E-state index in [2.05, 4.69) is 36.6 Å². The number of halogens is 2. The zero-order valence-electron chi connectivity index (χ0n) is 10.7. The fraction of sp³-hybridized carbons (Fsp3) is 0.462. The molecule has 1 aromatic carbocycles. The molecule has 0 radical (unpaired) electrons. The fourth-order valence-electron chi connectivity index (χ4n) is 1.48. The third-order valence-corrected chi connectivity index (χ3v) is 3.89. The molecule has 0 spiro atoms. The third-order valence-electron chi connectivity index (χ3n) is 2.57. The van der Waals surface area contributed by atoms with Gasteiger partial charge in [0, 0.05) is 15.4 Å². The van der Waals surface area contributed by atoms with Gasteiger partial charge in [-0.1, -0.05) is 0 Å². The van der Waals surface area contributed by atoms with Gasteiger partial charge in [0.1, 0.15) is 5.75 Å². The average molecular weight is 395 g/mol. The van der Waals surface area contributed by atoms with Crippen LogP contribution in [0.2, 0.25) is 0 Å². The summed E-state index contributed by atoms with van der Waals surface area (Å²) in [6.45, 7) is 0.615. The van der Waals surface area contributed by atoms with Crippen LogP contribution in [0.5, 0.6) is 5.75 Å². The number of carbonyl (C=O) groups is 1. The normalized spacial score (nSPS) is 10.3. The van der Waals surface area contributed by atoms with Crippen LogP contribution in [0.25, 0.3) is 0 Å². The van der Waals surface area contributed by atoms with Crippen molar-refractivity contribution < 1.29 is 14.3 Å². The molecule has 0 aliphatic rings. The molecule has 0 aromatic heterocycles. The lowest BCUT2D eigenvalue weighted by atomic mass is 10.2. The van der Waals surface area contributed by atoms with Gasteiger partial charge in [-0.25, -0.2) is 0 Å². The van der Waals surface area contributed by atoms with Gasteiger partial charge in [-0.2, -0.15) is 0 Å². The molecule has 2 N–H and O–H groups in total. The lowest BCUT2D eigenvalue weighted by Crippen LogP contribution is -2.01. The average Bonchev–Trinajstić information content (AvgIpc) is 2.39. The van der Waals surface area contributed by atoms with Crippen LogP contribution in [0, 0.1) is 0 Å². The molecule has 0 atom stereocenters. The first-order valence-corrected chi connectivity index (χ1v) is 7.57. The molecule has 0 fully saturated rings.